The van der Waals surface area contributed by atoms with Gasteiger partial charge >= 0.3 is 5.69 Å². The average Bonchev–Trinajstić information content (AvgIpc) is 2.74. The minimum atomic E-state index is -0.352. The summed E-state index contributed by atoms with van der Waals surface area (Å²) in [5.74, 6) is 0. The predicted octanol–water partition coefficient (Wildman–Crippen LogP) is 0.160. The summed E-state index contributed by atoms with van der Waals surface area (Å²) in [5, 5.41) is 7.30. The van der Waals surface area contributed by atoms with Crippen molar-refractivity contribution in [2.75, 3.05) is 0 Å². The molecule has 0 N–H and O–H groups in total. The van der Waals surface area contributed by atoms with Gasteiger partial charge in [-0.2, -0.15) is 0 Å². The summed E-state index contributed by atoms with van der Waals surface area (Å²) in [6.45, 7) is 4.34. The molecule has 0 radical (unpaired) electrons. The second kappa shape index (κ2) is 4.99. The first-order valence-corrected chi connectivity index (χ1v) is 5.71. The summed E-state index contributed by atoms with van der Waals surface area (Å²) < 4.78 is 7.18. The molecule has 0 atom stereocenters. The minimum Gasteiger partial charge on any atom is -0.300 e. The molecule has 2 aromatic heterocycles. The van der Waals surface area contributed by atoms with Crippen molar-refractivity contribution in [3.05, 3.63) is 44.5 Å². The van der Waals surface area contributed by atoms with E-state index in [-0.39, 0.29) is 17.8 Å². The minimum absolute atomic E-state index is 0.0809. The van der Waals surface area contributed by atoms with Gasteiger partial charge in [0.05, 0.1) is 6.54 Å². The van der Waals surface area contributed by atoms with Crippen molar-refractivity contribution in [3.63, 3.8) is 0 Å². The Morgan fingerprint density at radius 1 is 1.33 bits per heavy atom. The molecule has 0 aliphatic carbocycles. The van der Waals surface area contributed by atoms with Crippen LogP contribution in [-0.2, 0) is 13.1 Å². The van der Waals surface area contributed by atoms with Gasteiger partial charge in [-0.1, -0.05) is 17.2 Å². The van der Waals surface area contributed by atoms with Crippen LogP contribution in [0.2, 0.25) is 0 Å². The summed E-state index contributed by atoms with van der Waals surface area (Å²) in [6, 6.07) is 1.37. The molecule has 0 spiro atoms. The van der Waals surface area contributed by atoms with E-state index >= 15 is 0 Å². The van der Waals surface area contributed by atoms with Crippen LogP contribution in [0.3, 0.4) is 0 Å². The van der Waals surface area contributed by atoms with Crippen LogP contribution in [0.25, 0.3) is 0 Å². The number of hydrogen-bond donors (Lipinski definition) is 0. The number of rotatable bonds is 4. The quantitative estimate of drug-likeness (QED) is 0.771. The lowest BCUT2D eigenvalue weighted by molar-refractivity contribution is 0.300. The van der Waals surface area contributed by atoms with Gasteiger partial charge in [0.2, 0.25) is 0 Å². The van der Waals surface area contributed by atoms with E-state index in [4.69, 9.17) is 0 Å². The van der Waals surface area contributed by atoms with Crippen molar-refractivity contribution in [2.24, 2.45) is 0 Å². The Bertz CT molecular complexity index is 653. The maximum atomic E-state index is 12.1. The van der Waals surface area contributed by atoms with Gasteiger partial charge in [0.1, 0.15) is 11.4 Å². The lowest BCUT2D eigenvalue weighted by Crippen LogP contribution is -2.39. The fourth-order valence-electron chi connectivity index (χ4n) is 1.66. The Labute approximate surface area is 103 Å². The van der Waals surface area contributed by atoms with E-state index in [1.54, 1.807) is 6.92 Å². The third kappa shape index (κ3) is 2.24. The highest BCUT2D eigenvalue weighted by molar-refractivity contribution is 5.05. The van der Waals surface area contributed by atoms with Crippen LogP contribution in [0.15, 0.2) is 26.5 Å². The van der Waals surface area contributed by atoms with E-state index in [0.717, 1.165) is 11.0 Å². The summed E-state index contributed by atoms with van der Waals surface area (Å²) in [7, 11) is 0. The zero-order valence-corrected chi connectivity index (χ0v) is 10.3. The van der Waals surface area contributed by atoms with E-state index in [1.807, 2.05) is 6.92 Å². The van der Waals surface area contributed by atoms with Gasteiger partial charge in [0.15, 0.2) is 0 Å². The van der Waals surface area contributed by atoms with Crippen molar-refractivity contribution >= 4 is 0 Å². The van der Waals surface area contributed by atoms with Gasteiger partial charge in [-0.05, 0) is 13.3 Å². The third-order valence-corrected chi connectivity index (χ3v) is 2.66. The Morgan fingerprint density at radius 3 is 2.72 bits per heavy atom. The van der Waals surface area contributed by atoms with Crippen molar-refractivity contribution in [3.8, 4) is 0 Å². The van der Waals surface area contributed by atoms with Gasteiger partial charge in [0, 0.05) is 18.8 Å². The lowest BCUT2D eigenvalue weighted by Gasteiger charge is -2.07. The van der Waals surface area contributed by atoms with E-state index in [1.165, 1.54) is 16.8 Å². The molecule has 7 nitrogen and oxygen atoms in total. The molecule has 0 fully saturated rings. The second-order valence-electron chi connectivity index (χ2n) is 4.01. The molecule has 0 amide bonds. The van der Waals surface area contributed by atoms with E-state index in [2.05, 4.69) is 14.9 Å². The average molecular weight is 250 g/mol. The molecule has 0 saturated heterocycles. The monoisotopic (exact) mass is 250 g/mol. The molecule has 18 heavy (non-hydrogen) atoms. The number of aromatic nitrogens is 4. The van der Waals surface area contributed by atoms with Gasteiger partial charge in [-0.3, -0.25) is 9.36 Å². The highest BCUT2D eigenvalue weighted by Gasteiger charge is 2.10. The normalized spacial score (nSPS) is 10.8. The topological polar surface area (TPSA) is 82.9 Å². The van der Waals surface area contributed by atoms with Crippen LogP contribution in [0.1, 0.15) is 24.7 Å². The number of nitrogens with zero attached hydrogens (tertiary/aromatic N) is 4. The third-order valence-electron chi connectivity index (χ3n) is 2.66. The van der Waals surface area contributed by atoms with Crippen molar-refractivity contribution < 1.29 is 4.63 Å². The predicted molar refractivity (Wildman–Crippen MR) is 63.4 cm³/mol. The first kappa shape index (κ1) is 12.3. The van der Waals surface area contributed by atoms with Gasteiger partial charge in [-0.25, -0.2) is 9.42 Å². The molecule has 2 rings (SSSR count). The standard InChI is InChI=1S/C11H14N4O3/c1-3-5-14-6-4-10(16)15(11(14)17)7-9-8(2)12-18-13-9/h4,6H,3,5,7H2,1-2H3. The maximum absolute atomic E-state index is 12.1. The maximum Gasteiger partial charge on any atom is 0.331 e. The smallest absolute Gasteiger partial charge is 0.300 e. The van der Waals surface area contributed by atoms with Crippen molar-refractivity contribution in [1.82, 2.24) is 19.4 Å². The molecule has 0 bridgehead atoms. The number of hydrogen-bond acceptors (Lipinski definition) is 5. The molecular weight excluding hydrogens is 236 g/mol. The first-order chi connectivity index (χ1) is 8.63. The van der Waals surface area contributed by atoms with Gasteiger partial charge in [0.25, 0.3) is 5.56 Å². The van der Waals surface area contributed by atoms with Crippen LogP contribution < -0.4 is 11.2 Å². The molecule has 0 saturated carbocycles. The summed E-state index contributed by atoms with van der Waals surface area (Å²) in [6.07, 6.45) is 2.33. The van der Waals surface area contributed by atoms with Crippen LogP contribution in [0.4, 0.5) is 0 Å². The zero-order valence-electron chi connectivity index (χ0n) is 10.3. The zero-order chi connectivity index (χ0) is 13.1. The largest absolute Gasteiger partial charge is 0.331 e. The highest BCUT2D eigenvalue weighted by atomic mass is 16.6. The van der Waals surface area contributed by atoms with Crippen molar-refractivity contribution in [1.29, 1.82) is 0 Å². The molecule has 0 aliphatic rings. The summed E-state index contributed by atoms with van der Waals surface area (Å²) in [4.78, 5) is 23.8. The Morgan fingerprint density at radius 2 is 2.11 bits per heavy atom. The molecule has 2 heterocycles. The molecule has 2 aromatic rings. The van der Waals surface area contributed by atoms with E-state index in [9.17, 15) is 9.59 Å². The fraction of sp³-hybridized carbons (Fsp3) is 0.455. The highest BCUT2D eigenvalue weighted by Crippen LogP contribution is 2.00. The van der Waals surface area contributed by atoms with Crippen LogP contribution in [-0.4, -0.2) is 19.4 Å². The lowest BCUT2D eigenvalue weighted by atomic mass is 10.3. The van der Waals surface area contributed by atoms with E-state index in [0.29, 0.717) is 17.9 Å². The van der Waals surface area contributed by atoms with Gasteiger partial charge < -0.3 is 4.57 Å². The Balaban J connectivity index is 2.44. The van der Waals surface area contributed by atoms with Crippen LogP contribution >= 0.6 is 0 Å². The van der Waals surface area contributed by atoms with Crippen LogP contribution in [0, 0.1) is 6.92 Å². The molecule has 0 unspecified atom stereocenters. The Kier molecular flexibility index (Phi) is 3.40. The van der Waals surface area contributed by atoms with Crippen molar-refractivity contribution in [2.45, 2.75) is 33.4 Å². The molecule has 0 aromatic carbocycles. The first-order valence-electron chi connectivity index (χ1n) is 5.71. The Hall–Kier alpha value is -2.18. The van der Waals surface area contributed by atoms with Crippen LogP contribution in [0.5, 0.6) is 0 Å². The summed E-state index contributed by atoms with van der Waals surface area (Å²) >= 11 is 0. The summed E-state index contributed by atoms with van der Waals surface area (Å²) in [5.41, 5.74) is 0.372. The SMILES string of the molecule is CCCn1ccc(=O)n(Cc2nonc2C)c1=O. The molecule has 96 valence electrons. The number of aryl methyl sites for hydroxylation is 2. The molecule has 0 aliphatic heterocycles. The molecule has 7 heteroatoms. The second-order valence-corrected chi connectivity index (χ2v) is 4.01. The fourth-order valence-corrected chi connectivity index (χ4v) is 1.66. The molecular formula is C11H14N4O3. The van der Waals surface area contributed by atoms with Gasteiger partial charge in [-0.15, -0.1) is 0 Å². The van der Waals surface area contributed by atoms with E-state index < -0.39 is 0 Å².